The Morgan fingerprint density at radius 2 is 2.11 bits per heavy atom. The summed E-state index contributed by atoms with van der Waals surface area (Å²) in [4.78, 5) is 19.8. The second kappa shape index (κ2) is 4.70. The SMILES string of the molecule is CCC(=O)N1CN(c2nc(Cl)cc3ccccc23)C1. The number of carbonyl (C=O) groups is 1. The molecule has 0 aliphatic carbocycles. The average Bonchev–Trinajstić information content (AvgIpc) is 2.36. The lowest BCUT2D eigenvalue weighted by molar-refractivity contribution is -0.134. The van der Waals surface area contributed by atoms with Gasteiger partial charge in [-0.15, -0.1) is 0 Å². The standard InChI is InChI=1S/C14H14ClN3O/c1-2-13(19)17-8-18(9-17)14-11-6-4-3-5-10(11)7-12(15)16-14/h3-7H,2,8-9H2,1H3. The second-order valence-corrected chi connectivity index (χ2v) is 4.99. The molecule has 0 bridgehead atoms. The van der Waals surface area contributed by atoms with E-state index in [1.807, 2.05) is 37.3 Å². The van der Waals surface area contributed by atoms with Crippen LogP contribution in [0.5, 0.6) is 0 Å². The fourth-order valence-corrected chi connectivity index (χ4v) is 2.47. The van der Waals surface area contributed by atoms with Crippen molar-refractivity contribution in [2.75, 3.05) is 18.2 Å². The topological polar surface area (TPSA) is 36.4 Å². The van der Waals surface area contributed by atoms with Gasteiger partial charge >= 0.3 is 0 Å². The van der Waals surface area contributed by atoms with Crippen LogP contribution < -0.4 is 4.90 Å². The lowest BCUT2D eigenvalue weighted by atomic mass is 10.1. The highest BCUT2D eigenvalue weighted by Gasteiger charge is 2.29. The van der Waals surface area contributed by atoms with E-state index in [9.17, 15) is 4.79 Å². The van der Waals surface area contributed by atoms with Gasteiger partial charge in [0.05, 0.1) is 13.3 Å². The Morgan fingerprint density at radius 1 is 1.37 bits per heavy atom. The molecule has 0 saturated carbocycles. The number of pyridine rings is 1. The maximum atomic E-state index is 11.6. The van der Waals surface area contributed by atoms with Crippen LogP contribution in [0.25, 0.3) is 10.8 Å². The molecule has 0 spiro atoms. The van der Waals surface area contributed by atoms with Crippen molar-refractivity contribution in [1.82, 2.24) is 9.88 Å². The first-order chi connectivity index (χ1) is 9.19. The molecule has 1 aliphatic rings. The summed E-state index contributed by atoms with van der Waals surface area (Å²) in [6.45, 7) is 3.05. The van der Waals surface area contributed by atoms with Gasteiger partial charge in [-0.2, -0.15) is 0 Å². The molecule has 1 amide bonds. The molecule has 0 radical (unpaired) electrons. The van der Waals surface area contributed by atoms with Gasteiger partial charge in [-0.25, -0.2) is 4.98 Å². The van der Waals surface area contributed by atoms with E-state index in [2.05, 4.69) is 9.88 Å². The minimum Gasteiger partial charge on any atom is -0.320 e. The molecular formula is C14H14ClN3O. The molecule has 0 atom stereocenters. The highest BCUT2D eigenvalue weighted by Crippen LogP contribution is 2.30. The fourth-order valence-electron chi connectivity index (χ4n) is 2.28. The Hall–Kier alpha value is -1.81. The summed E-state index contributed by atoms with van der Waals surface area (Å²) in [5.41, 5.74) is 0. The molecule has 1 saturated heterocycles. The quantitative estimate of drug-likeness (QED) is 0.791. The second-order valence-electron chi connectivity index (χ2n) is 4.60. The van der Waals surface area contributed by atoms with E-state index in [-0.39, 0.29) is 5.91 Å². The lowest BCUT2D eigenvalue weighted by Crippen LogP contribution is -2.58. The monoisotopic (exact) mass is 275 g/mol. The van der Waals surface area contributed by atoms with Crippen molar-refractivity contribution in [3.63, 3.8) is 0 Å². The molecule has 19 heavy (non-hydrogen) atoms. The number of fused-ring (bicyclic) bond motifs is 1. The molecule has 2 heterocycles. The van der Waals surface area contributed by atoms with E-state index in [4.69, 9.17) is 11.6 Å². The molecule has 0 unspecified atom stereocenters. The molecule has 98 valence electrons. The predicted octanol–water partition coefficient (Wildman–Crippen LogP) is 2.86. The van der Waals surface area contributed by atoms with Crippen molar-refractivity contribution in [2.45, 2.75) is 13.3 Å². The number of anilines is 1. The predicted molar refractivity (Wildman–Crippen MR) is 76.1 cm³/mol. The molecule has 1 aromatic carbocycles. The van der Waals surface area contributed by atoms with Crippen LogP contribution in [0.15, 0.2) is 30.3 Å². The van der Waals surface area contributed by atoms with Gasteiger partial charge in [-0.3, -0.25) is 4.79 Å². The summed E-state index contributed by atoms with van der Waals surface area (Å²) < 4.78 is 0. The van der Waals surface area contributed by atoms with Gasteiger partial charge < -0.3 is 9.80 Å². The molecule has 1 fully saturated rings. The largest absolute Gasteiger partial charge is 0.320 e. The number of benzene rings is 1. The van der Waals surface area contributed by atoms with Crippen LogP contribution in [0.2, 0.25) is 5.15 Å². The smallest absolute Gasteiger partial charge is 0.225 e. The highest BCUT2D eigenvalue weighted by atomic mass is 35.5. The Morgan fingerprint density at radius 3 is 2.84 bits per heavy atom. The zero-order chi connectivity index (χ0) is 13.4. The summed E-state index contributed by atoms with van der Waals surface area (Å²) >= 11 is 6.06. The Bertz CT molecular complexity index is 638. The number of nitrogens with zero attached hydrogens (tertiary/aromatic N) is 3. The summed E-state index contributed by atoms with van der Waals surface area (Å²) in [5, 5.41) is 2.61. The third-order valence-corrected chi connectivity index (χ3v) is 3.52. The number of hydrogen-bond donors (Lipinski definition) is 0. The molecule has 4 nitrogen and oxygen atoms in total. The molecule has 2 aromatic rings. The van der Waals surface area contributed by atoms with Crippen molar-refractivity contribution in [1.29, 1.82) is 0 Å². The lowest BCUT2D eigenvalue weighted by Gasteiger charge is -2.43. The van der Waals surface area contributed by atoms with E-state index in [1.54, 1.807) is 4.90 Å². The Labute approximate surface area is 116 Å². The fraction of sp³-hybridized carbons (Fsp3) is 0.286. The summed E-state index contributed by atoms with van der Waals surface area (Å²) in [6.07, 6.45) is 0.539. The number of aromatic nitrogens is 1. The van der Waals surface area contributed by atoms with E-state index >= 15 is 0 Å². The van der Waals surface area contributed by atoms with Crippen LogP contribution in [0.4, 0.5) is 5.82 Å². The maximum Gasteiger partial charge on any atom is 0.225 e. The van der Waals surface area contributed by atoms with Crippen LogP contribution >= 0.6 is 11.6 Å². The van der Waals surface area contributed by atoms with Gasteiger partial charge in [0.1, 0.15) is 11.0 Å². The molecule has 1 aliphatic heterocycles. The third-order valence-electron chi connectivity index (χ3n) is 3.33. The van der Waals surface area contributed by atoms with Gasteiger partial charge in [-0.05, 0) is 11.5 Å². The van der Waals surface area contributed by atoms with E-state index in [0.29, 0.717) is 24.9 Å². The molecule has 0 N–H and O–H groups in total. The average molecular weight is 276 g/mol. The van der Waals surface area contributed by atoms with Crippen molar-refractivity contribution < 1.29 is 4.79 Å². The van der Waals surface area contributed by atoms with Gasteiger partial charge in [0, 0.05) is 11.8 Å². The molecular weight excluding hydrogens is 262 g/mol. The zero-order valence-electron chi connectivity index (χ0n) is 10.6. The third kappa shape index (κ3) is 2.12. The first-order valence-corrected chi connectivity index (χ1v) is 6.65. The van der Waals surface area contributed by atoms with Crippen LogP contribution in [0.3, 0.4) is 0 Å². The maximum absolute atomic E-state index is 11.6. The summed E-state index contributed by atoms with van der Waals surface area (Å²) in [5.74, 6) is 1.02. The van der Waals surface area contributed by atoms with Crippen molar-refractivity contribution >= 4 is 34.1 Å². The van der Waals surface area contributed by atoms with Crippen molar-refractivity contribution in [2.24, 2.45) is 0 Å². The van der Waals surface area contributed by atoms with Gasteiger partial charge in [0.15, 0.2) is 0 Å². The van der Waals surface area contributed by atoms with Gasteiger partial charge in [-0.1, -0.05) is 42.8 Å². The van der Waals surface area contributed by atoms with Crippen LogP contribution in [-0.2, 0) is 4.79 Å². The Kier molecular flexibility index (Phi) is 3.03. The van der Waals surface area contributed by atoms with E-state index < -0.39 is 0 Å². The van der Waals surface area contributed by atoms with Crippen LogP contribution in [-0.4, -0.2) is 29.1 Å². The van der Waals surface area contributed by atoms with Gasteiger partial charge in [0.25, 0.3) is 0 Å². The number of halogens is 1. The number of amides is 1. The summed E-state index contributed by atoms with van der Waals surface area (Å²) in [6, 6.07) is 9.86. The molecule has 1 aromatic heterocycles. The minimum absolute atomic E-state index is 0.169. The number of rotatable bonds is 2. The van der Waals surface area contributed by atoms with Gasteiger partial charge in [0.2, 0.25) is 5.91 Å². The first kappa shape index (κ1) is 12.2. The summed E-state index contributed by atoms with van der Waals surface area (Å²) in [7, 11) is 0. The van der Waals surface area contributed by atoms with Crippen LogP contribution in [0, 0.1) is 0 Å². The van der Waals surface area contributed by atoms with Crippen molar-refractivity contribution in [3.8, 4) is 0 Å². The normalized spacial score (nSPS) is 14.6. The number of hydrogen-bond acceptors (Lipinski definition) is 3. The number of carbonyl (C=O) groups excluding carboxylic acids is 1. The minimum atomic E-state index is 0.169. The first-order valence-electron chi connectivity index (χ1n) is 6.27. The molecule has 5 heteroatoms. The Balaban J connectivity index is 1.92. The van der Waals surface area contributed by atoms with Crippen LogP contribution in [0.1, 0.15) is 13.3 Å². The van der Waals surface area contributed by atoms with E-state index in [1.165, 1.54) is 0 Å². The molecule has 3 rings (SSSR count). The van der Waals surface area contributed by atoms with Crippen molar-refractivity contribution in [3.05, 3.63) is 35.5 Å². The van der Waals surface area contributed by atoms with E-state index in [0.717, 1.165) is 16.6 Å². The zero-order valence-corrected chi connectivity index (χ0v) is 11.4. The highest BCUT2D eigenvalue weighted by molar-refractivity contribution is 6.30.